The molecule has 0 radical (unpaired) electrons. The Bertz CT molecular complexity index is 527. The molecule has 1 N–H and O–H groups in total. The average molecular weight is 287 g/mol. The normalized spacial score (nSPS) is 10.2. The number of hydrogen-bond acceptors (Lipinski definition) is 5. The topological polar surface area (TPSA) is 55.2 Å². The second kappa shape index (κ2) is 5.39. The van der Waals surface area contributed by atoms with Crippen molar-refractivity contribution in [1.82, 2.24) is 0 Å². The van der Waals surface area contributed by atoms with Crippen molar-refractivity contribution in [2.24, 2.45) is 0 Å². The number of hydrogen-bond donors (Lipinski definition) is 1. The molecule has 0 saturated carbocycles. The summed E-state index contributed by atoms with van der Waals surface area (Å²) in [6.45, 7) is 0. The zero-order valence-electron chi connectivity index (χ0n) is 8.42. The molecule has 7 heteroatoms. The zero-order valence-corrected chi connectivity index (χ0v) is 10.8. The van der Waals surface area contributed by atoms with Gasteiger partial charge in [0, 0.05) is 16.8 Å². The molecular formula is C10H7ClN2O2S2. The van der Waals surface area contributed by atoms with Gasteiger partial charge in [-0.2, -0.15) is 0 Å². The molecule has 4 nitrogen and oxygen atoms in total. The Hall–Kier alpha value is -1.24. The Kier molecular flexibility index (Phi) is 3.88. The smallest absolute Gasteiger partial charge is 0.281 e. The molecule has 0 spiro atoms. The Morgan fingerprint density at radius 2 is 2.06 bits per heavy atom. The van der Waals surface area contributed by atoms with Crippen LogP contribution in [0.3, 0.4) is 0 Å². The van der Waals surface area contributed by atoms with Gasteiger partial charge in [0.05, 0.1) is 14.5 Å². The number of thiophene rings is 1. The fraction of sp³-hybridized carbons (Fsp3) is 0. The van der Waals surface area contributed by atoms with Crippen molar-refractivity contribution in [2.75, 3.05) is 4.72 Å². The van der Waals surface area contributed by atoms with Crippen molar-refractivity contribution in [2.45, 2.75) is 4.21 Å². The Balaban J connectivity index is 1.97. The molecule has 0 aliphatic rings. The number of rotatable bonds is 4. The van der Waals surface area contributed by atoms with Gasteiger partial charge in [0.1, 0.15) is 0 Å². The summed E-state index contributed by atoms with van der Waals surface area (Å²) in [6, 6.07) is 8.79. The minimum Gasteiger partial charge on any atom is -0.325 e. The van der Waals surface area contributed by atoms with Gasteiger partial charge in [-0.25, -0.2) is 0 Å². The Morgan fingerprint density at radius 1 is 1.35 bits per heavy atom. The lowest BCUT2D eigenvalue weighted by Gasteiger charge is -2.02. The van der Waals surface area contributed by atoms with Gasteiger partial charge in [0.15, 0.2) is 0 Å². The van der Waals surface area contributed by atoms with Crippen molar-refractivity contribution in [3.05, 3.63) is 50.8 Å². The first-order valence-electron chi connectivity index (χ1n) is 4.56. The van der Waals surface area contributed by atoms with Crippen LogP contribution in [-0.2, 0) is 0 Å². The average Bonchev–Trinajstić information content (AvgIpc) is 2.77. The van der Waals surface area contributed by atoms with Gasteiger partial charge in [0.2, 0.25) is 0 Å². The van der Waals surface area contributed by atoms with E-state index in [2.05, 4.69) is 4.72 Å². The fourth-order valence-corrected chi connectivity index (χ4v) is 2.79. The third-order valence-corrected chi connectivity index (χ3v) is 4.04. The summed E-state index contributed by atoms with van der Waals surface area (Å²) in [7, 11) is 0. The molecule has 0 saturated heterocycles. The Morgan fingerprint density at radius 3 is 2.65 bits per heavy atom. The summed E-state index contributed by atoms with van der Waals surface area (Å²) < 4.78 is 3.93. The highest BCUT2D eigenvalue weighted by Crippen LogP contribution is 2.31. The predicted octanol–water partition coefficient (Wildman–Crippen LogP) is 4.43. The zero-order chi connectivity index (χ0) is 12.3. The molecule has 1 aromatic heterocycles. The summed E-state index contributed by atoms with van der Waals surface area (Å²) in [5.41, 5.74) is 1.02. The van der Waals surface area contributed by atoms with E-state index in [1.807, 2.05) is 12.1 Å². The van der Waals surface area contributed by atoms with Crippen molar-refractivity contribution < 1.29 is 4.92 Å². The van der Waals surface area contributed by atoms with Gasteiger partial charge in [0.25, 0.3) is 5.69 Å². The number of halogens is 1. The molecule has 17 heavy (non-hydrogen) atoms. The van der Waals surface area contributed by atoms with Crippen LogP contribution in [0.5, 0.6) is 0 Å². The maximum Gasteiger partial charge on any atom is 0.281 e. The first kappa shape index (κ1) is 12.2. The maximum absolute atomic E-state index is 10.5. The minimum atomic E-state index is -0.400. The largest absolute Gasteiger partial charge is 0.325 e. The molecule has 0 amide bonds. The molecule has 1 heterocycles. The van der Waals surface area contributed by atoms with Gasteiger partial charge in [-0.15, -0.1) is 11.3 Å². The van der Waals surface area contributed by atoms with Crippen LogP contribution in [-0.4, -0.2) is 4.92 Å². The Labute approximate surface area is 111 Å². The lowest BCUT2D eigenvalue weighted by atomic mass is 10.3. The molecule has 0 aliphatic heterocycles. The monoisotopic (exact) mass is 286 g/mol. The van der Waals surface area contributed by atoms with E-state index in [9.17, 15) is 10.1 Å². The maximum atomic E-state index is 10.5. The molecule has 0 bridgehead atoms. The summed E-state index contributed by atoms with van der Waals surface area (Å²) in [5, 5.41) is 12.7. The summed E-state index contributed by atoms with van der Waals surface area (Å²) in [4.78, 5) is 10.1. The molecule has 2 aromatic rings. The van der Waals surface area contributed by atoms with E-state index < -0.39 is 4.92 Å². The lowest BCUT2D eigenvalue weighted by molar-refractivity contribution is -0.384. The highest BCUT2D eigenvalue weighted by Gasteiger charge is 2.09. The van der Waals surface area contributed by atoms with E-state index in [1.54, 1.807) is 12.1 Å². The first-order chi connectivity index (χ1) is 8.15. The number of anilines is 1. The number of nitrogens with one attached hydrogen (secondary N) is 1. The van der Waals surface area contributed by atoms with Crippen LogP contribution in [0.2, 0.25) is 5.02 Å². The highest BCUT2D eigenvalue weighted by molar-refractivity contribution is 8.02. The third-order valence-electron chi connectivity index (χ3n) is 1.89. The van der Waals surface area contributed by atoms with Crippen LogP contribution in [0.25, 0.3) is 0 Å². The van der Waals surface area contributed by atoms with Crippen LogP contribution in [0, 0.1) is 10.1 Å². The first-order valence-corrected chi connectivity index (χ1v) is 6.64. The van der Waals surface area contributed by atoms with E-state index >= 15 is 0 Å². The minimum absolute atomic E-state index is 0.121. The van der Waals surface area contributed by atoms with Crippen LogP contribution in [0.15, 0.2) is 39.9 Å². The van der Waals surface area contributed by atoms with E-state index in [0.717, 1.165) is 9.90 Å². The summed E-state index contributed by atoms with van der Waals surface area (Å²) in [6.07, 6.45) is 0. The second-order valence-electron chi connectivity index (χ2n) is 3.09. The standard InChI is InChI=1S/C10H7ClN2O2S2/c11-7-1-3-8(4-2-7)12-17-10-5-9(6-16-10)13(14)15/h1-6,12H. The van der Waals surface area contributed by atoms with Crippen molar-refractivity contribution >= 4 is 46.3 Å². The number of nitrogens with zero attached hydrogens (tertiary/aromatic N) is 1. The molecule has 0 fully saturated rings. The fourth-order valence-electron chi connectivity index (χ4n) is 1.08. The van der Waals surface area contributed by atoms with Gasteiger partial charge >= 0.3 is 0 Å². The quantitative estimate of drug-likeness (QED) is 0.513. The van der Waals surface area contributed by atoms with Crippen molar-refractivity contribution in [1.29, 1.82) is 0 Å². The third kappa shape index (κ3) is 3.36. The van der Waals surface area contributed by atoms with Gasteiger partial charge in [-0.3, -0.25) is 10.1 Å². The summed E-state index contributed by atoms with van der Waals surface area (Å²) in [5.74, 6) is 0. The highest BCUT2D eigenvalue weighted by atomic mass is 35.5. The molecule has 0 atom stereocenters. The van der Waals surface area contributed by atoms with E-state index in [0.29, 0.717) is 5.02 Å². The molecule has 2 rings (SSSR count). The van der Waals surface area contributed by atoms with Gasteiger partial charge in [-0.05, 0) is 36.2 Å². The van der Waals surface area contributed by atoms with E-state index in [1.165, 1.54) is 34.7 Å². The molecule has 1 aromatic carbocycles. The van der Waals surface area contributed by atoms with Crippen LogP contribution < -0.4 is 4.72 Å². The molecular weight excluding hydrogens is 280 g/mol. The predicted molar refractivity (Wildman–Crippen MR) is 71.9 cm³/mol. The van der Waals surface area contributed by atoms with E-state index in [4.69, 9.17) is 11.6 Å². The van der Waals surface area contributed by atoms with E-state index in [-0.39, 0.29) is 5.69 Å². The molecule has 0 unspecified atom stereocenters. The van der Waals surface area contributed by atoms with Crippen LogP contribution >= 0.6 is 34.9 Å². The molecule has 88 valence electrons. The number of nitro groups is 1. The second-order valence-corrected chi connectivity index (χ2v) is 5.55. The van der Waals surface area contributed by atoms with Gasteiger partial charge in [-0.1, -0.05) is 11.6 Å². The summed E-state index contributed by atoms with van der Waals surface area (Å²) >= 11 is 8.43. The van der Waals surface area contributed by atoms with Crippen molar-refractivity contribution in [3.63, 3.8) is 0 Å². The van der Waals surface area contributed by atoms with Crippen LogP contribution in [0.4, 0.5) is 11.4 Å². The van der Waals surface area contributed by atoms with Gasteiger partial charge < -0.3 is 4.72 Å². The SMILES string of the molecule is O=[N+]([O-])c1csc(SNc2ccc(Cl)cc2)c1. The number of benzene rings is 1. The lowest BCUT2D eigenvalue weighted by Crippen LogP contribution is -1.85. The molecule has 0 aliphatic carbocycles. The van der Waals surface area contributed by atoms with Crippen molar-refractivity contribution in [3.8, 4) is 0 Å². The van der Waals surface area contributed by atoms with Crippen LogP contribution in [0.1, 0.15) is 0 Å².